The number of ether oxygens (including phenoxy) is 1. The topological polar surface area (TPSA) is 93.5 Å². The number of sulfonamides is 1. The van der Waals surface area contributed by atoms with Gasteiger partial charge in [-0.2, -0.15) is 0 Å². The van der Waals surface area contributed by atoms with Crippen LogP contribution in [0.4, 0.5) is 5.69 Å². The third-order valence-electron chi connectivity index (χ3n) is 7.51. The lowest BCUT2D eigenvalue weighted by Crippen LogP contribution is -2.34. The summed E-state index contributed by atoms with van der Waals surface area (Å²) in [6.45, 7) is 0.258. The Hall–Kier alpha value is -3.50. The van der Waals surface area contributed by atoms with Gasteiger partial charge in [0.05, 0.1) is 24.0 Å². The van der Waals surface area contributed by atoms with Crippen LogP contribution in [-0.4, -0.2) is 31.0 Å². The molecule has 3 aromatic carbocycles. The molecule has 1 aromatic heterocycles. The van der Waals surface area contributed by atoms with Crippen molar-refractivity contribution in [1.29, 1.82) is 0 Å². The molecule has 1 aliphatic rings. The van der Waals surface area contributed by atoms with Gasteiger partial charge < -0.3 is 14.2 Å². The molecule has 0 bridgehead atoms. The van der Waals surface area contributed by atoms with E-state index in [4.69, 9.17) is 16.3 Å². The highest BCUT2D eigenvalue weighted by Gasteiger charge is 2.29. The van der Waals surface area contributed by atoms with Gasteiger partial charge in [-0.15, -0.1) is 0 Å². The number of nitrogens with one attached hydrogen (secondary N) is 1. The van der Waals surface area contributed by atoms with Crippen LogP contribution in [0.15, 0.2) is 90.1 Å². The molecule has 1 aliphatic carbocycles. The van der Waals surface area contributed by atoms with Crippen molar-refractivity contribution in [2.75, 3.05) is 12.0 Å². The summed E-state index contributed by atoms with van der Waals surface area (Å²) in [6.07, 6.45) is 5.60. The molecule has 8 nitrogen and oxygen atoms in total. The lowest BCUT2D eigenvalue weighted by molar-refractivity contribution is -0.289. The molecule has 1 N–H and O–H groups in total. The molecular weight excluding hydrogens is 560 g/mol. The summed E-state index contributed by atoms with van der Waals surface area (Å²) in [5.74, 6) is 0.602. The summed E-state index contributed by atoms with van der Waals surface area (Å²) in [6, 6.07) is 21.5. The van der Waals surface area contributed by atoms with Crippen molar-refractivity contribution in [2.24, 2.45) is 7.05 Å². The number of fused-ring (bicyclic) bond motifs is 1. The van der Waals surface area contributed by atoms with Crippen LogP contribution in [0.25, 0.3) is 0 Å². The minimum Gasteiger partial charge on any atom is -0.376 e. The van der Waals surface area contributed by atoms with E-state index in [0.29, 0.717) is 17.1 Å². The summed E-state index contributed by atoms with van der Waals surface area (Å²) in [4.78, 5) is 20.2. The Kier molecular flexibility index (Phi) is 8.89. The van der Waals surface area contributed by atoms with E-state index in [2.05, 4.69) is 9.71 Å². The van der Waals surface area contributed by atoms with Crippen molar-refractivity contribution in [1.82, 2.24) is 14.3 Å². The van der Waals surface area contributed by atoms with Crippen LogP contribution < -0.4 is 9.62 Å². The number of carbonyl (C=O) groups excluding carboxylic acids is 1. The SMILES string of the molecule is CO[C@H](CC(=O)N(Cc1nccn1C)c1ccc2c(c1)[C@@H](NS(=O)(=O)c1cccc([ClH+])c1)CCC2)c1ccccc1. The molecular formula is C31H34ClN4O4S+. The molecule has 41 heavy (non-hydrogen) atoms. The van der Waals surface area contributed by atoms with Crippen LogP contribution in [-0.2, 0) is 39.6 Å². The van der Waals surface area contributed by atoms with Gasteiger partial charge in [0, 0.05) is 50.4 Å². The van der Waals surface area contributed by atoms with E-state index in [1.54, 1.807) is 36.4 Å². The molecule has 0 unspecified atom stereocenters. The zero-order valence-corrected chi connectivity index (χ0v) is 24.7. The van der Waals surface area contributed by atoms with Crippen molar-refractivity contribution in [2.45, 2.75) is 49.3 Å². The number of nitrogens with zero attached hydrogens (tertiary/aromatic N) is 3. The standard InChI is InChI=1S/C31H34ClN4O4S/c1-35-17-16-33-30(35)21-36(31(37)20-29(40-2)23-8-4-3-5-9-23)25-15-14-22-10-6-13-28(27(22)19-25)34-41(38,39)26-12-7-11-24(32)18-26/h3-5,7-9,11-12,14-19,28-29,32,34H,6,10,13,20-21H2,1-2H3/q+1/t28-,29+/m0/s1. The molecule has 0 spiro atoms. The number of imidazole rings is 1. The molecule has 0 radical (unpaired) electrons. The number of methoxy groups -OCH3 is 1. The third kappa shape index (κ3) is 6.70. The number of amides is 1. The monoisotopic (exact) mass is 593 g/mol. The Bertz CT molecular complexity index is 1620. The first-order valence-corrected chi connectivity index (χ1v) is 15.4. The van der Waals surface area contributed by atoms with Gasteiger partial charge in [-0.3, -0.25) is 4.79 Å². The largest absolute Gasteiger partial charge is 0.376 e. The summed E-state index contributed by atoms with van der Waals surface area (Å²) < 4.78 is 37.1. The maximum atomic E-state index is 13.9. The van der Waals surface area contributed by atoms with Crippen molar-refractivity contribution in [3.05, 3.63) is 113 Å². The van der Waals surface area contributed by atoms with Gasteiger partial charge in [-0.1, -0.05) is 42.5 Å². The van der Waals surface area contributed by atoms with Crippen LogP contribution in [0.1, 0.15) is 53.9 Å². The molecule has 1 amide bonds. The van der Waals surface area contributed by atoms with Gasteiger partial charge in [0.2, 0.25) is 21.0 Å². The summed E-state index contributed by atoms with van der Waals surface area (Å²) >= 11 is 5.19. The lowest BCUT2D eigenvalue weighted by Gasteiger charge is -2.30. The molecule has 1 heterocycles. The van der Waals surface area contributed by atoms with E-state index in [1.165, 1.54) is 6.07 Å². The molecule has 0 saturated heterocycles. The number of aromatic nitrogens is 2. The van der Waals surface area contributed by atoms with Crippen LogP contribution in [0, 0.1) is 11.6 Å². The molecule has 0 aliphatic heterocycles. The minimum absolute atomic E-state index is 0.126. The van der Waals surface area contributed by atoms with Gasteiger partial charge >= 0.3 is 0 Å². The average Bonchev–Trinajstić information content (AvgIpc) is 3.39. The second-order valence-electron chi connectivity index (χ2n) is 10.2. The van der Waals surface area contributed by atoms with E-state index in [9.17, 15) is 13.2 Å². The maximum Gasteiger partial charge on any atom is 0.241 e. The number of aryl methyl sites for hydroxylation is 2. The molecule has 2 atom stereocenters. The van der Waals surface area contributed by atoms with Gasteiger partial charge in [-0.25, -0.2) is 18.1 Å². The number of rotatable bonds is 10. The highest BCUT2D eigenvalue weighted by molar-refractivity contribution is 7.89. The highest BCUT2D eigenvalue weighted by atomic mass is 35.5. The smallest absolute Gasteiger partial charge is 0.241 e. The van der Waals surface area contributed by atoms with E-state index >= 15 is 0 Å². The quantitative estimate of drug-likeness (QED) is 0.286. The Morgan fingerprint density at radius 2 is 1.95 bits per heavy atom. The second kappa shape index (κ2) is 12.6. The lowest BCUT2D eigenvalue weighted by atomic mass is 9.87. The second-order valence-corrected chi connectivity index (χ2v) is 12.4. The Morgan fingerprint density at radius 3 is 2.66 bits per heavy atom. The first kappa shape index (κ1) is 29.0. The van der Waals surface area contributed by atoms with Crippen molar-refractivity contribution < 1.29 is 29.6 Å². The zero-order chi connectivity index (χ0) is 29.0. The number of anilines is 1. The third-order valence-corrected chi connectivity index (χ3v) is 9.23. The minimum atomic E-state index is -3.80. The summed E-state index contributed by atoms with van der Waals surface area (Å²) in [5, 5.41) is 0.465. The van der Waals surface area contributed by atoms with E-state index in [-0.39, 0.29) is 23.8 Å². The van der Waals surface area contributed by atoms with E-state index < -0.39 is 22.2 Å². The van der Waals surface area contributed by atoms with Crippen molar-refractivity contribution in [3.63, 3.8) is 0 Å². The fourth-order valence-corrected chi connectivity index (χ4v) is 6.84. The van der Waals surface area contributed by atoms with Crippen LogP contribution >= 0.6 is 0 Å². The number of halogens is 1. The first-order valence-electron chi connectivity index (χ1n) is 13.5. The molecule has 0 fully saturated rings. The number of hydrogen-bond acceptors (Lipinski definition) is 5. The van der Waals surface area contributed by atoms with Gasteiger partial charge in [0.25, 0.3) is 0 Å². The summed E-state index contributed by atoms with van der Waals surface area (Å²) in [5.41, 5.74) is 3.53. The molecule has 214 valence electrons. The zero-order valence-electron chi connectivity index (χ0n) is 23.1. The maximum absolute atomic E-state index is 13.9. The molecule has 10 heteroatoms. The molecule has 4 aromatic rings. The Balaban J connectivity index is 1.47. The fraction of sp³-hybridized carbons (Fsp3) is 0.290. The summed E-state index contributed by atoms with van der Waals surface area (Å²) in [7, 11) is -0.304. The van der Waals surface area contributed by atoms with E-state index in [1.807, 2.05) is 66.3 Å². The van der Waals surface area contributed by atoms with Crippen LogP contribution in [0.5, 0.6) is 0 Å². The van der Waals surface area contributed by atoms with Gasteiger partial charge in [0.1, 0.15) is 5.82 Å². The predicted molar refractivity (Wildman–Crippen MR) is 155 cm³/mol. The normalized spacial score (nSPS) is 15.7. The van der Waals surface area contributed by atoms with E-state index in [0.717, 1.165) is 35.4 Å². The van der Waals surface area contributed by atoms with Crippen molar-refractivity contribution >= 4 is 21.6 Å². The number of benzene rings is 3. The van der Waals surface area contributed by atoms with Gasteiger partial charge in [0.15, 0.2) is 11.6 Å². The first-order chi connectivity index (χ1) is 19.7. The molecule has 5 rings (SSSR count). The number of carbonyl (C=O) groups is 1. The fourth-order valence-electron chi connectivity index (χ4n) is 5.26. The highest BCUT2D eigenvalue weighted by Crippen LogP contribution is 2.35. The average molecular weight is 594 g/mol. The predicted octanol–water partition coefficient (Wildman–Crippen LogP) is 4.78. The van der Waals surface area contributed by atoms with Crippen LogP contribution in [0.2, 0.25) is 5.02 Å². The van der Waals surface area contributed by atoms with Gasteiger partial charge in [-0.05, 0) is 54.2 Å². The molecule has 0 saturated carbocycles. The number of hydrogen-bond donors (Lipinski definition) is 1. The Labute approximate surface area is 246 Å². The van der Waals surface area contributed by atoms with Crippen molar-refractivity contribution in [3.8, 4) is 0 Å². The van der Waals surface area contributed by atoms with Crippen LogP contribution in [0.3, 0.4) is 0 Å². The Morgan fingerprint density at radius 1 is 1.15 bits per heavy atom.